The molecule has 0 aliphatic carbocycles. The monoisotopic (exact) mass is 357 g/mol. The zero-order chi connectivity index (χ0) is 18.8. The summed E-state index contributed by atoms with van der Waals surface area (Å²) in [6.07, 6.45) is 2.30. The Bertz CT molecular complexity index is 1050. The molecule has 9 heteroatoms. The van der Waals surface area contributed by atoms with Gasteiger partial charge in [0.05, 0.1) is 4.92 Å². The summed E-state index contributed by atoms with van der Waals surface area (Å²) in [5.41, 5.74) is -0.0898. The van der Waals surface area contributed by atoms with E-state index < -0.39 is 16.4 Å². The highest BCUT2D eigenvalue weighted by molar-refractivity contribution is 5.76. The number of rotatable bonds is 5. The predicted molar refractivity (Wildman–Crippen MR) is 95.1 cm³/mol. The molecule has 2 heterocycles. The molecule has 2 aromatic heterocycles. The lowest BCUT2D eigenvalue weighted by Gasteiger charge is -2.15. The van der Waals surface area contributed by atoms with Gasteiger partial charge in [0, 0.05) is 35.4 Å². The summed E-state index contributed by atoms with van der Waals surface area (Å²) in [4.78, 5) is 30.8. The molecule has 134 valence electrons. The van der Waals surface area contributed by atoms with Crippen molar-refractivity contribution in [3.63, 3.8) is 0 Å². The third kappa shape index (κ3) is 3.23. The van der Waals surface area contributed by atoms with Crippen molar-refractivity contribution in [1.82, 2.24) is 14.5 Å². The largest absolute Gasteiger partial charge is 0.324 e. The Morgan fingerprint density at radius 2 is 2.12 bits per heavy atom. The van der Waals surface area contributed by atoms with Crippen LogP contribution in [0.2, 0.25) is 0 Å². The van der Waals surface area contributed by atoms with Crippen molar-refractivity contribution in [2.45, 2.75) is 26.3 Å². The van der Waals surface area contributed by atoms with Crippen LogP contribution >= 0.6 is 0 Å². The minimum absolute atomic E-state index is 0.0548. The van der Waals surface area contributed by atoms with Crippen LogP contribution in [0, 0.1) is 15.9 Å². The molecular formula is C17H16FN5O3. The lowest BCUT2D eigenvalue weighted by Crippen LogP contribution is -2.23. The van der Waals surface area contributed by atoms with Gasteiger partial charge in [-0.05, 0) is 31.5 Å². The minimum atomic E-state index is -0.925. The highest BCUT2D eigenvalue weighted by atomic mass is 19.1. The first-order valence-electron chi connectivity index (χ1n) is 8.00. The molecule has 3 rings (SSSR count). The van der Waals surface area contributed by atoms with E-state index in [0.717, 1.165) is 18.6 Å². The number of fused-ring (bicyclic) bond motifs is 1. The van der Waals surface area contributed by atoms with Crippen LogP contribution in [0.3, 0.4) is 0 Å². The van der Waals surface area contributed by atoms with E-state index in [1.54, 1.807) is 16.8 Å². The zero-order valence-electron chi connectivity index (χ0n) is 14.1. The van der Waals surface area contributed by atoms with Gasteiger partial charge in [-0.1, -0.05) is 6.92 Å². The maximum atomic E-state index is 13.5. The maximum Gasteiger partial charge on any atom is 0.306 e. The Kier molecular flexibility index (Phi) is 4.61. The number of benzene rings is 1. The van der Waals surface area contributed by atoms with Gasteiger partial charge in [0.25, 0.3) is 5.56 Å². The Morgan fingerprint density at radius 1 is 1.35 bits per heavy atom. The first-order valence-corrected chi connectivity index (χ1v) is 8.00. The van der Waals surface area contributed by atoms with Gasteiger partial charge in [-0.15, -0.1) is 0 Å². The van der Waals surface area contributed by atoms with Gasteiger partial charge < -0.3 is 5.32 Å². The highest BCUT2D eigenvalue weighted by Crippen LogP contribution is 2.24. The lowest BCUT2D eigenvalue weighted by molar-refractivity contribution is -0.387. The van der Waals surface area contributed by atoms with E-state index in [2.05, 4.69) is 15.3 Å². The minimum Gasteiger partial charge on any atom is -0.324 e. The van der Waals surface area contributed by atoms with Crippen LogP contribution in [-0.2, 0) is 0 Å². The van der Waals surface area contributed by atoms with Crippen molar-refractivity contribution in [2.24, 2.45) is 0 Å². The van der Waals surface area contributed by atoms with Crippen LogP contribution in [0.15, 0.2) is 41.3 Å². The van der Waals surface area contributed by atoms with Gasteiger partial charge in [0.15, 0.2) is 0 Å². The molecule has 0 amide bonds. The van der Waals surface area contributed by atoms with Crippen molar-refractivity contribution in [3.05, 3.63) is 62.8 Å². The molecule has 0 saturated carbocycles. The van der Waals surface area contributed by atoms with Crippen molar-refractivity contribution in [2.75, 3.05) is 5.32 Å². The van der Waals surface area contributed by atoms with Gasteiger partial charge in [0.1, 0.15) is 5.65 Å². The Morgan fingerprint density at radius 3 is 2.81 bits per heavy atom. The Balaban J connectivity index is 2.06. The number of halogens is 1. The lowest BCUT2D eigenvalue weighted by atomic mass is 10.2. The second-order valence-electron chi connectivity index (χ2n) is 5.82. The molecule has 0 radical (unpaired) electrons. The summed E-state index contributed by atoms with van der Waals surface area (Å²) < 4.78 is 15.0. The fourth-order valence-electron chi connectivity index (χ4n) is 2.57. The Hall–Kier alpha value is -3.36. The number of hydrogen-bond acceptors (Lipinski definition) is 6. The molecule has 0 fully saturated rings. The van der Waals surface area contributed by atoms with Crippen LogP contribution in [0.4, 0.5) is 21.7 Å². The fourth-order valence-corrected chi connectivity index (χ4v) is 2.57. The Labute approximate surface area is 147 Å². The van der Waals surface area contributed by atoms with Crippen LogP contribution < -0.4 is 10.9 Å². The standard InChI is InChI=1S/C17H16FN5O3/c1-3-10(2)22-15(24)7-4-11-9-19-17(21-16(11)22)20-12-5-6-13(18)14(8-12)23(25)26/h4-10H,3H2,1-2H3,(H,19,20,21). The number of anilines is 2. The molecule has 3 aromatic rings. The summed E-state index contributed by atoms with van der Waals surface area (Å²) in [6.45, 7) is 3.88. The first kappa shape index (κ1) is 17.5. The number of pyridine rings is 1. The van der Waals surface area contributed by atoms with Gasteiger partial charge in [-0.25, -0.2) is 4.98 Å². The van der Waals surface area contributed by atoms with Crippen molar-refractivity contribution < 1.29 is 9.31 Å². The molecule has 0 aliphatic heterocycles. The normalized spacial score (nSPS) is 12.1. The van der Waals surface area contributed by atoms with Crippen LogP contribution in [-0.4, -0.2) is 19.5 Å². The van der Waals surface area contributed by atoms with E-state index in [1.165, 1.54) is 12.1 Å². The van der Waals surface area contributed by atoms with Crippen molar-refractivity contribution >= 4 is 28.4 Å². The number of aromatic nitrogens is 3. The van der Waals surface area contributed by atoms with Gasteiger partial charge >= 0.3 is 5.69 Å². The van der Waals surface area contributed by atoms with Gasteiger partial charge in [-0.2, -0.15) is 9.37 Å². The van der Waals surface area contributed by atoms with Crippen LogP contribution in [0.25, 0.3) is 11.0 Å². The van der Waals surface area contributed by atoms with Crippen LogP contribution in [0.1, 0.15) is 26.3 Å². The molecule has 0 bridgehead atoms. The molecule has 1 N–H and O–H groups in total. The summed E-state index contributed by atoms with van der Waals surface area (Å²) >= 11 is 0. The molecule has 1 aromatic carbocycles. The van der Waals surface area contributed by atoms with Gasteiger partial charge in [-0.3, -0.25) is 19.5 Å². The number of nitrogens with one attached hydrogen (secondary N) is 1. The average Bonchev–Trinajstić information content (AvgIpc) is 2.62. The third-order valence-corrected chi connectivity index (χ3v) is 4.10. The van der Waals surface area contributed by atoms with E-state index in [9.17, 15) is 19.3 Å². The second kappa shape index (κ2) is 6.87. The topological polar surface area (TPSA) is 103 Å². The number of nitrogens with zero attached hydrogens (tertiary/aromatic N) is 4. The quantitative estimate of drug-likeness (QED) is 0.553. The number of nitro benzene ring substituents is 1. The van der Waals surface area contributed by atoms with E-state index in [-0.39, 0.29) is 23.2 Å². The summed E-state index contributed by atoms with van der Waals surface area (Å²) in [5, 5.41) is 14.4. The molecule has 8 nitrogen and oxygen atoms in total. The smallest absolute Gasteiger partial charge is 0.306 e. The molecule has 0 aliphatic rings. The summed E-state index contributed by atoms with van der Waals surface area (Å²) in [5.74, 6) is -0.772. The van der Waals surface area contributed by atoms with Gasteiger partial charge in [0.2, 0.25) is 11.8 Å². The average molecular weight is 357 g/mol. The SMILES string of the molecule is CCC(C)n1c(=O)ccc2cnc(Nc3ccc(F)c([N+](=O)[O-])c3)nc21. The molecule has 1 atom stereocenters. The second-order valence-corrected chi connectivity index (χ2v) is 5.82. The first-order chi connectivity index (χ1) is 12.4. The fraction of sp³-hybridized carbons (Fsp3) is 0.235. The zero-order valence-corrected chi connectivity index (χ0v) is 14.1. The van der Waals surface area contributed by atoms with Crippen molar-refractivity contribution in [1.29, 1.82) is 0 Å². The van der Waals surface area contributed by atoms with E-state index in [1.807, 2.05) is 13.8 Å². The molecule has 26 heavy (non-hydrogen) atoms. The van der Waals surface area contributed by atoms with Crippen molar-refractivity contribution in [3.8, 4) is 0 Å². The molecule has 0 saturated heterocycles. The summed E-state index contributed by atoms with van der Waals surface area (Å²) in [6, 6.07) is 6.47. The van der Waals surface area contributed by atoms with Crippen LogP contribution in [0.5, 0.6) is 0 Å². The molecule has 0 spiro atoms. The third-order valence-electron chi connectivity index (χ3n) is 4.10. The molecule has 1 unspecified atom stereocenters. The predicted octanol–water partition coefficient (Wildman–Crippen LogP) is 3.55. The maximum absolute atomic E-state index is 13.5. The van der Waals surface area contributed by atoms with E-state index in [0.29, 0.717) is 11.0 Å². The van der Waals surface area contributed by atoms with E-state index >= 15 is 0 Å². The number of hydrogen-bond donors (Lipinski definition) is 1. The van der Waals surface area contributed by atoms with E-state index in [4.69, 9.17) is 0 Å². The summed E-state index contributed by atoms with van der Waals surface area (Å²) in [7, 11) is 0. The molecular weight excluding hydrogens is 341 g/mol. The number of nitro groups is 1. The highest BCUT2D eigenvalue weighted by Gasteiger charge is 2.15.